The van der Waals surface area contributed by atoms with E-state index in [9.17, 15) is 9.90 Å². The highest BCUT2D eigenvalue weighted by molar-refractivity contribution is 5.81. The molecule has 0 aromatic carbocycles. The van der Waals surface area contributed by atoms with E-state index in [1.165, 1.54) is 0 Å². The summed E-state index contributed by atoms with van der Waals surface area (Å²) in [4.78, 5) is 13.9. The summed E-state index contributed by atoms with van der Waals surface area (Å²) in [6.45, 7) is 11.3. The standard InChI is InChI=1S/C13H26N2O3/c1-12(2,3)11(16)14-9-13(4,17)10-15-5-7-18-8-6-15/h17H,5-10H2,1-4H3,(H,14,16). The summed E-state index contributed by atoms with van der Waals surface area (Å²) < 4.78 is 5.26. The zero-order valence-electron chi connectivity index (χ0n) is 12.0. The van der Waals surface area contributed by atoms with E-state index in [1.54, 1.807) is 6.92 Å². The van der Waals surface area contributed by atoms with E-state index >= 15 is 0 Å². The number of amides is 1. The van der Waals surface area contributed by atoms with Crippen LogP contribution in [0.15, 0.2) is 0 Å². The normalized spacial score (nSPS) is 21.4. The molecule has 1 rings (SSSR count). The first-order valence-corrected chi connectivity index (χ1v) is 6.51. The fraction of sp³-hybridized carbons (Fsp3) is 0.923. The lowest BCUT2D eigenvalue weighted by Crippen LogP contribution is -2.52. The Balaban J connectivity index is 2.36. The molecule has 0 aliphatic carbocycles. The summed E-state index contributed by atoms with van der Waals surface area (Å²) in [6.07, 6.45) is 0. The molecule has 1 atom stereocenters. The number of hydrogen-bond donors (Lipinski definition) is 2. The summed E-state index contributed by atoms with van der Waals surface area (Å²) in [5.41, 5.74) is -1.33. The molecule has 1 aliphatic rings. The lowest BCUT2D eigenvalue weighted by atomic mass is 9.95. The summed E-state index contributed by atoms with van der Waals surface area (Å²) in [7, 11) is 0. The molecule has 0 aromatic rings. The first kappa shape index (κ1) is 15.4. The van der Waals surface area contributed by atoms with Crippen LogP contribution in [0.25, 0.3) is 0 Å². The number of carbonyl (C=O) groups excluding carboxylic acids is 1. The molecule has 0 bridgehead atoms. The van der Waals surface area contributed by atoms with Gasteiger partial charge in [0.25, 0.3) is 0 Å². The number of morpholine rings is 1. The molecular formula is C13H26N2O3. The van der Waals surface area contributed by atoms with E-state index in [0.29, 0.717) is 19.8 Å². The van der Waals surface area contributed by atoms with Crippen molar-refractivity contribution >= 4 is 5.91 Å². The van der Waals surface area contributed by atoms with Crippen LogP contribution in [0.3, 0.4) is 0 Å². The van der Waals surface area contributed by atoms with Crippen LogP contribution in [0.5, 0.6) is 0 Å². The molecule has 1 amide bonds. The van der Waals surface area contributed by atoms with Crippen LogP contribution in [0.4, 0.5) is 0 Å². The SMILES string of the molecule is CC(O)(CNC(=O)C(C)(C)C)CN1CCOCC1. The Morgan fingerprint density at radius 1 is 1.28 bits per heavy atom. The smallest absolute Gasteiger partial charge is 0.225 e. The molecule has 5 heteroatoms. The van der Waals surface area contributed by atoms with E-state index < -0.39 is 11.0 Å². The lowest BCUT2D eigenvalue weighted by molar-refractivity contribution is -0.130. The number of aliphatic hydroxyl groups is 1. The molecular weight excluding hydrogens is 232 g/mol. The monoisotopic (exact) mass is 258 g/mol. The van der Waals surface area contributed by atoms with Crippen LogP contribution in [0.2, 0.25) is 0 Å². The summed E-state index contributed by atoms with van der Waals surface area (Å²) in [5.74, 6) is -0.0373. The van der Waals surface area contributed by atoms with Crippen molar-refractivity contribution < 1.29 is 14.6 Å². The van der Waals surface area contributed by atoms with Gasteiger partial charge in [0.05, 0.1) is 18.8 Å². The van der Waals surface area contributed by atoms with Crippen molar-refractivity contribution in [2.75, 3.05) is 39.4 Å². The molecule has 0 aromatic heterocycles. The summed E-state index contributed by atoms with van der Waals surface area (Å²) in [5, 5.41) is 13.1. The molecule has 18 heavy (non-hydrogen) atoms. The van der Waals surface area contributed by atoms with Gasteiger partial charge in [-0.05, 0) is 6.92 Å². The van der Waals surface area contributed by atoms with Crippen LogP contribution in [0.1, 0.15) is 27.7 Å². The van der Waals surface area contributed by atoms with Gasteiger partial charge in [-0.1, -0.05) is 20.8 Å². The molecule has 0 spiro atoms. The van der Waals surface area contributed by atoms with Gasteiger partial charge in [0, 0.05) is 31.6 Å². The maximum atomic E-state index is 11.7. The number of ether oxygens (including phenoxy) is 1. The molecule has 1 fully saturated rings. The maximum absolute atomic E-state index is 11.7. The van der Waals surface area contributed by atoms with E-state index in [1.807, 2.05) is 20.8 Å². The van der Waals surface area contributed by atoms with E-state index in [-0.39, 0.29) is 12.5 Å². The number of nitrogens with one attached hydrogen (secondary N) is 1. The number of hydrogen-bond acceptors (Lipinski definition) is 4. The Labute approximate surface area is 109 Å². The van der Waals surface area contributed by atoms with Crippen molar-refractivity contribution in [2.45, 2.75) is 33.3 Å². The average Bonchev–Trinajstić information content (AvgIpc) is 2.25. The van der Waals surface area contributed by atoms with Gasteiger partial charge in [-0.2, -0.15) is 0 Å². The van der Waals surface area contributed by atoms with Gasteiger partial charge in [0.2, 0.25) is 5.91 Å². The molecule has 2 N–H and O–H groups in total. The molecule has 5 nitrogen and oxygen atoms in total. The van der Waals surface area contributed by atoms with Gasteiger partial charge in [-0.15, -0.1) is 0 Å². The van der Waals surface area contributed by atoms with Crippen molar-refractivity contribution in [3.05, 3.63) is 0 Å². The molecule has 1 aliphatic heterocycles. The van der Waals surface area contributed by atoms with Crippen LogP contribution in [-0.2, 0) is 9.53 Å². The molecule has 1 heterocycles. The zero-order chi connectivity index (χ0) is 13.8. The first-order chi connectivity index (χ1) is 8.21. The predicted octanol–water partition coefficient (Wildman–Crippen LogP) is 0.232. The Hall–Kier alpha value is -0.650. The summed E-state index contributed by atoms with van der Waals surface area (Å²) >= 11 is 0. The lowest BCUT2D eigenvalue weighted by Gasteiger charge is -2.34. The zero-order valence-corrected chi connectivity index (χ0v) is 12.0. The van der Waals surface area contributed by atoms with Crippen molar-refractivity contribution in [1.82, 2.24) is 10.2 Å². The third-order valence-electron chi connectivity index (χ3n) is 2.98. The topological polar surface area (TPSA) is 61.8 Å². The van der Waals surface area contributed by atoms with Crippen LogP contribution in [0, 0.1) is 5.41 Å². The van der Waals surface area contributed by atoms with Gasteiger partial charge in [-0.3, -0.25) is 9.69 Å². The van der Waals surface area contributed by atoms with Gasteiger partial charge < -0.3 is 15.2 Å². The van der Waals surface area contributed by atoms with Crippen molar-refractivity contribution in [1.29, 1.82) is 0 Å². The van der Waals surface area contributed by atoms with Crippen molar-refractivity contribution in [3.63, 3.8) is 0 Å². The molecule has 0 saturated carbocycles. The second kappa shape index (κ2) is 5.99. The second-order valence-corrected chi connectivity index (χ2v) is 6.32. The van der Waals surface area contributed by atoms with Gasteiger partial charge >= 0.3 is 0 Å². The fourth-order valence-corrected chi connectivity index (χ4v) is 1.83. The maximum Gasteiger partial charge on any atom is 0.225 e. The number of rotatable bonds is 4. The summed E-state index contributed by atoms with van der Waals surface area (Å²) in [6, 6.07) is 0. The molecule has 106 valence electrons. The van der Waals surface area contributed by atoms with Crippen LogP contribution in [-0.4, -0.2) is 60.9 Å². The highest BCUT2D eigenvalue weighted by Crippen LogP contribution is 2.14. The quantitative estimate of drug-likeness (QED) is 0.758. The van der Waals surface area contributed by atoms with E-state index in [2.05, 4.69) is 10.2 Å². The third kappa shape index (κ3) is 5.33. The average molecular weight is 258 g/mol. The highest BCUT2D eigenvalue weighted by atomic mass is 16.5. The minimum absolute atomic E-state index is 0.0373. The predicted molar refractivity (Wildman–Crippen MR) is 70.3 cm³/mol. The van der Waals surface area contributed by atoms with Crippen LogP contribution < -0.4 is 5.32 Å². The van der Waals surface area contributed by atoms with Crippen molar-refractivity contribution in [3.8, 4) is 0 Å². The Morgan fingerprint density at radius 3 is 2.33 bits per heavy atom. The first-order valence-electron chi connectivity index (χ1n) is 6.51. The molecule has 1 unspecified atom stereocenters. The van der Waals surface area contributed by atoms with Gasteiger partial charge in [0.15, 0.2) is 0 Å². The van der Waals surface area contributed by atoms with Crippen molar-refractivity contribution in [2.24, 2.45) is 5.41 Å². The molecule has 0 radical (unpaired) electrons. The third-order valence-corrected chi connectivity index (χ3v) is 2.98. The minimum atomic E-state index is -0.905. The second-order valence-electron chi connectivity index (χ2n) is 6.32. The molecule has 1 saturated heterocycles. The van der Waals surface area contributed by atoms with Crippen LogP contribution >= 0.6 is 0 Å². The highest BCUT2D eigenvalue weighted by Gasteiger charge is 2.28. The fourth-order valence-electron chi connectivity index (χ4n) is 1.83. The van der Waals surface area contributed by atoms with Gasteiger partial charge in [0.1, 0.15) is 0 Å². The minimum Gasteiger partial charge on any atom is -0.387 e. The number of carbonyl (C=O) groups is 1. The van der Waals surface area contributed by atoms with E-state index in [0.717, 1.165) is 13.1 Å². The van der Waals surface area contributed by atoms with Gasteiger partial charge in [-0.25, -0.2) is 0 Å². The number of β-amino-alcohol motifs (C(OH)–C–C–N with tert-alkyl or cyclic N) is 1. The number of nitrogens with zero attached hydrogens (tertiary/aromatic N) is 1. The largest absolute Gasteiger partial charge is 0.387 e. The van der Waals surface area contributed by atoms with E-state index in [4.69, 9.17) is 4.74 Å². The Morgan fingerprint density at radius 2 is 1.83 bits per heavy atom. The Kier molecular flexibility index (Phi) is 5.13. The Bertz CT molecular complexity index is 278.